The second-order valence-electron chi connectivity index (χ2n) is 7.81. The Morgan fingerprint density at radius 1 is 1.16 bits per heavy atom. The SMILES string of the molecule is O=C(CCc1nn[nH]n1)N1CCC(c2cn(-c3ccc(Cl)cc3)c3cnccc23)CC1. The van der Waals surface area contributed by atoms with Crippen LogP contribution in [0.25, 0.3) is 16.6 Å². The predicted molar refractivity (Wildman–Crippen MR) is 117 cm³/mol. The number of benzene rings is 1. The van der Waals surface area contributed by atoms with Crippen molar-refractivity contribution in [2.24, 2.45) is 0 Å². The van der Waals surface area contributed by atoms with Crippen molar-refractivity contribution in [3.05, 3.63) is 65.3 Å². The first-order valence-corrected chi connectivity index (χ1v) is 10.8. The number of likely N-dealkylation sites (tertiary alicyclic amines) is 1. The lowest BCUT2D eigenvalue weighted by Gasteiger charge is -2.32. The lowest BCUT2D eigenvalue weighted by molar-refractivity contribution is -0.132. The third kappa shape index (κ3) is 4.03. The fourth-order valence-electron chi connectivity index (χ4n) is 4.35. The maximum Gasteiger partial charge on any atom is 0.223 e. The number of tetrazole rings is 1. The molecule has 0 atom stereocenters. The zero-order valence-corrected chi connectivity index (χ0v) is 17.7. The Kier molecular flexibility index (Phi) is 5.38. The average Bonchev–Trinajstić information content (AvgIpc) is 3.46. The van der Waals surface area contributed by atoms with Crippen molar-refractivity contribution in [2.75, 3.05) is 13.1 Å². The van der Waals surface area contributed by atoms with Crippen LogP contribution in [0.4, 0.5) is 0 Å². The van der Waals surface area contributed by atoms with Crippen LogP contribution < -0.4 is 0 Å². The van der Waals surface area contributed by atoms with E-state index < -0.39 is 0 Å². The number of hydrogen-bond donors (Lipinski definition) is 1. The second kappa shape index (κ2) is 8.47. The van der Waals surface area contributed by atoms with Gasteiger partial charge >= 0.3 is 0 Å². The molecular formula is C22H22ClN7O. The molecule has 0 radical (unpaired) electrons. The topological polar surface area (TPSA) is 92.6 Å². The van der Waals surface area contributed by atoms with Crippen LogP contribution in [0, 0.1) is 0 Å². The number of halogens is 1. The van der Waals surface area contributed by atoms with Gasteiger partial charge in [-0.15, -0.1) is 10.2 Å². The van der Waals surface area contributed by atoms with Crippen molar-refractivity contribution >= 4 is 28.4 Å². The zero-order valence-electron chi connectivity index (χ0n) is 16.9. The number of carbonyl (C=O) groups excluding carboxylic acids is 1. The number of H-pyrrole nitrogens is 1. The largest absolute Gasteiger partial charge is 0.343 e. The number of hydrogen-bond acceptors (Lipinski definition) is 5. The van der Waals surface area contributed by atoms with Crippen molar-refractivity contribution < 1.29 is 4.79 Å². The van der Waals surface area contributed by atoms with Crippen LogP contribution >= 0.6 is 11.6 Å². The molecule has 0 unspecified atom stereocenters. The molecule has 4 aromatic rings. The molecule has 1 fully saturated rings. The van der Waals surface area contributed by atoms with Crippen LogP contribution in [0.3, 0.4) is 0 Å². The molecule has 0 bridgehead atoms. The van der Waals surface area contributed by atoms with Crippen molar-refractivity contribution in [1.29, 1.82) is 0 Å². The number of fused-ring (bicyclic) bond motifs is 1. The van der Waals surface area contributed by atoms with Gasteiger partial charge in [-0.3, -0.25) is 9.78 Å². The first-order valence-electron chi connectivity index (χ1n) is 10.4. The number of carbonyl (C=O) groups is 1. The number of nitrogens with zero attached hydrogens (tertiary/aromatic N) is 6. The van der Waals surface area contributed by atoms with Gasteiger partial charge in [0.2, 0.25) is 5.91 Å². The van der Waals surface area contributed by atoms with Crippen LogP contribution in [-0.4, -0.2) is 54.1 Å². The highest BCUT2D eigenvalue weighted by Crippen LogP contribution is 2.35. The first kappa shape index (κ1) is 19.7. The Morgan fingerprint density at radius 3 is 2.71 bits per heavy atom. The molecular weight excluding hydrogens is 414 g/mol. The smallest absolute Gasteiger partial charge is 0.223 e. The highest BCUT2D eigenvalue weighted by Gasteiger charge is 2.26. The maximum absolute atomic E-state index is 12.6. The summed E-state index contributed by atoms with van der Waals surface area (Å²) in [7, 11) is 0. The number of piperidine rings is 1. The number of amides is 1. The molecule has 3 aromatic heterocycles. The van der Waals surface area contributed by atoms with E-state index in [0.717, 1.165) is 42.2 Å². The minimum absolute atomic E-state index is 0.149. The standard InChI is InChI=1S/C22H22ClN7O/c23-16-1-3-17(4-2-16)30-14-19(18-7-10-24-13-20(18)30)15-8-11-29(12-9-15)22(31)6-5-21-25-27-28-26-21/h1-4,7,10,13-15H,5-6,8-9,11-12H2,(H,25,26,27,28). The van der Waals surface area contributed by atoms with Gasteiger partial charge in [0.1, 0.15) is 0 Å². The van der Waals surface area contributed by atoms with Gasteiger partial charge in [0, 0.05) is 54.4 Å². The molecule has 9 heteroatoms. The number of nitrogens with one attached hydrogen (secondary N) is 1. The summed E-state index contributed by atoms with van der Waals surface area (Å²) in [5.74, 6) is 1.13. The third-order valence-corrected chi connectivity index (χ3v) is 6.23. The van der Waals surface area contributed by atoms with Gasteiger partial charge in [-0.1, -0.05) is 16.8 Å². The number of aromatic amines is 1. The summed E-state index contributed by atoms with van der Waals surface area (Å²) in [4.78, 5) is 18.9. The lowest BCUT2D eigenvalue weighted by Crippen LogP contribution is -2.38. The minimum Gasteiger partial charge on any atom is -0.343 e. The van der Waals surface area contributed by atoms with Gasteiger partial charge in [-0.2, -0.15) is 5.21 Å². The number of aryl methyl sites for hydroxylation is 1. The fourth-order valence-corrected chi connectivity index (χ4v) is 4.47. The minimum atomic E-state index is 0.149. The van der Waals surface area contributed by atoms with E-state index in [1.54, 1.807) is 0 Å². The predicted octanol–water partition coefficient (Wildman–Crippen LogP) is 3.53. The van der Waals surface area contributed by atoms with Gasteiger partial charge in [0.15, 0.2) is 5.82 Å². The summed E-state index contributed by atoms with van der Waals surface area (Å²) in [5, 5.41) is 15.7. The Morgan fingerprint density at radius 2 is 1.97 bits per heavy atom. The fraction of sp³-hybridized carbons (Fsp3) is 0.318. The Labute approximate surface area is 184 Å². The van der Waals surface area contributed by atoms with Gasteiger partial charge in [0.05, 0.1) is 11.7 Å². The van der Waals surface area contributed by atoms with E-state index >= 15 is 0 Å². The summed E-state index contributed by atoms with van der Waals surface area (Å²) in [6, 6.07) is 9.92. The van der Waals surface area contributed by atoms with Gasteiger partial charge in [-0.05, 0) is 54.7 Å². The molecule has 1 aliphatic rings. The normalized spacial score (nSPS) is 14.9. The van der Waals surface area contributed by atoms with Crippen LogP contribution in [0.5, 0.6) is 0 Å². The molecule has 1 amide bonds. The van der Waals surface area contributed by atoms with Crippen LogP contribution in [0.1, 0.15) is 36.6 Å². The summed E-state index contributed by atoms with van der Waals surface area (Å²) in [6.07, 6.45) is 8.77. The van der Waals surface area contributed by atoms with Gasteiger partial charge in [-0.25, -0.2) is 0 Å². The molecule has 0 aliphatic carbocycles. The quantitative estimate of drug-likeness (QED) is 0.517. The molecule has 0 saturated carbocycles. The molecule has 4 heterocycles. The van der Waals surface area contributed by atoms with Crippen molar-refractivity contribution in [2.45, 2.75) is 31.6 Å². The summed E-state index contributed by atoms with van der Waals surface area (Å²) >= 11 is 6.07. The van der Waals surface area contributed by atoms with Crippen LogP contribution in [0.2, 0.25) is 5.02 Å². The molecule has 1 saturated heterocycles. The van der Waals surface area contributed by atoms with Crippen molar-refractivity contribution in [3.63, 3.8) is 0 Å². The molecule has 1 N–H and O–H groups in total. The monoisotopic (exact) mass is 435 g/mol. The van der Waals surface area contributed by atoms with E-state index in [2.05, 4.69) is 42.4 Å². The van der Waals surface area contributed by atoms with Crippen molar-refractivity contribution in [3.8, 4) is 5.69 Å². The number of aromatic nitrogens is 6. The van der Waals surface area contributed by atoms with Gasteiger partial charge < -0.3 is 9.47 Å². The van der Waals surface area contributed by atoms with E-state index in [-0.39, 0.29) is 5.91 Å². The molecule has 31 heavy (non-hydrogen) atoms. The summed E-state index contributed by atoms with van der Waals surface area (Å²) in [5.41, 5.74) is 3.45. The molecule has 158 valence electrons. The maximum atomic E-state index is 12.6. The highest BCUT2D eigenvalue weighted by atomic mass is 35.5. The molecule has 1 aromatic carbocycles. The summed E-state index contributed by atoms with van der Waals surface area (Å²) < 4.78 is 2.18. The van der Waals surface area contributed by atoms with E-state index in [1.165, 1.54) is 10.9 Å². The molecule has 1 aliphatic heterocycles. The molecule has 0 spiro atoms. The van der Waals surface area contributed by atoms with E-state index in [1.807, 2.05) is 41.6 Å². The summed E-state index contributed by atoms with van der Waals surface area (Å²) in [6.45, 7) is 1.52. The van der Waals surface area contributed by atoms with E-state index in [4.69, 9.17) is 11.6 Å². The molecule has 5 rings (SSSR count). The Hall–Kier alpha value is -3.26. The highest BCUT2D eigenvalue weighted by molar-refractivity contribution is 6.30. The van der Waals surface area contributed by atoms with E-state index in [9.17, 15) is 4.79 Å². The van der Waals surface area contributed by atoms with Crippen molar-refractivity contribution in [1.82, 2.24) is 35.1 Å². The Balaban J connectivity index is 1.32. The average molecular weight is 436 g/mol. The van der Waals surface area contributed by atoms with Gasteiger partial charge in [0.25, 0.3) is 0 Å². The zero-order chi connectivity index (χ0) is 21.2. The second-order valence-corrected chi connectivity index (χ2v) is 8.24. The van der Waals surface area contributed by atoms with Crippen LogP contribution in [0.15, 0.2) is 48.9 Å². The molecule has 8 nitrogen and oxygen atoms in total. The number of rotatable bonds is 5. The Bertz CT molecular complexity index is 1180. The third-order valence-electron chi connectivity index (χ3n) is 5.98. The number of pyridine rings is 1. The first-order chi connectivity index (χ1) is 15.2. The lowest BCUT2D eigenvalue weighted by atomic mass is 9.89. The van der Waals surface area contributed by atoms with E-state index in [0.29, 0.717) is 24.6 Å². The van der Waals surface area contributed by atoms with Crippen LogP contribution in [-0.2, 0) is 11.2 Å².